The van der Waals surface area contributed by atoms with Gasteiger partial charge in [0.15, 0.2) is 0 Å². The first-order chi connectivity index (χ1) is 10.8. The molecule has 5 rings (SSSR count). The minimum absolute atomic E-state index is 0.0443. The molecular weight excluding hydrogens is 286 g/mol. The highest BCUT2D eigenvalue weighted by Crippen LogP contribution is 2.62. The van der Waals surface area contributed by atoms with Crippen molar-refractivity contribution in [2.45, 2.75) is 64.4 Å². The molecule has 124 valence electrons. The average molecular weight is 313 g/mol. The summed E-state index contributed by atoms with van der Waals surface area (Å²) in [5, 5.41) is 13.9. The summed E-state index contributed by atoms with van der Waals surface area (Å²) in [4.78, 5) is 12.6. The summed E-state index contributed by atoms with van der Waals surface area (Å²) < 4.78 is 0. The van der Waals surface area contributed by atoms with Crippen molar-refractivity contribution in [2.75, 3.05) is 5.32 Å². The second kappa shape index (κ2) is 5.07. The van der Waals surface area contributed by atoms with E-state index in [1.807, 2.05) is 12.1 Å². The van der Waals surface area contributed by atoms with Gasteiger partial charge < -0.3 is 10.4 Å². The third kappa shape index (κ3) is 2.80. The first-order valence-electron chi connectivity index (χ1n) is 8.94. The van der Waals surface area contributed by atoms with Gasteiger partial charge in [-0.25, -0.2) is 0 Å². The van der Waals surface area contributed by atoms with Gasteiger partial charge in [0.1, 0.15) is 0 Å². The van der Waals surface area contributed by atoms with Crippen LogP contribution in [0.1, 0.15) is 56.1 Å². The van der Waals surface area contributed by atoms with E-state index in [0.717, 1.165) is 37.8 Å². The molecule has 23 heavy (non-hydrogen) atoms. The molecule has 0 aliphatic heterocycles. The van der Waals surface area contributed by atoms with Crippen LogP contribution in [0.3, 0.4) is 0 Å². The summed E-state index contributed by atoms with van der Waals surface area (Å²) >= 11 is 0. The van der Waals surface area contributed by atoms with Crippen molar-refractivity contribution in [2.24, 2.45) is 17.3 Å². The molecule has 2 unspecified atom stereocenters. The lowest BCUT2D eigenvalue weighted by molar-refractivity contribution is -0.167. The minimum atomic E-state index is -0.481. The monoisotopic (exact) mass is 313 g/mol. The summed E-state index contributed by atoms with van der Waals surface area (Å²) in [7, 11) is 0. The molecule has 1 aromatic rings. The molecule has 0 heterocycles. The molecule has 0 aromatic heterocycles. The Morgan fingerprint density at radius 2 is 1.87 bits per heavy atom. The second-order valence-corrected chi connectivity index (χ2v) is 8.71. The summed E-state index contributed by atoms with van der Waals surface area (Å²) in [6.07, 6.45) is 6.85. The standard InChI is InChI=1S/C20H27NO2/c1-13-3-4-17(5-14(13)2)21-18(22)11-19-7-15-6-16(8-19)10-20(23,9-15)12-19/h3-5,15-16,23H,6-12H2,1-2H3,(H,21,22). The van der Waals surface area contributed by atoms with E-state index in [0.29, 0.717) is 18.3 Å². The Morgan fingerprint density at radius 3 is 2.48 bits per heavy atom. The maximum absolute atomic E-state index is 12.6. The van der Waals surface area contributed by atoms with Crippen molar-refractivity contribution in [3.05, 3.63) is 29.3 Å². The predicted octanol–water partition coefficient (Wildman–Crippen LogP) is 3.96. The van der Waals surface area contributed by atoms with Crippen molar-refractivity contribution < 1.29 is 9.90 Å². The van der Waals surface area contributed by atoms with Crippen LogP contribution < -0.4 is 5.32 Å². The van der Waals surface area contributed by atoms with Gasteiger partial charge in [-0.3, -0.25) is 4.79 Å². The first-order valence-corrected chi connectivity index (χ1v) is 8.94. The highest BCUT2D eigenvalue weighted by atomic mass is 16.3. The zero-order valence-electron chi connectivity index (χ0n) is 14.2. The van der Waals surface area contributed by atoms with E-state index in [1.165, 1.54) is 17.5 Å². The van der Waals surface area contributed by atoms with Crippen LogP contribution in [0.5, 0.6) is 0 Å². The van der Waals surface area contributed by atoms with Crippen LogP contribution in [0.2, 0.25) is 0 Å². The molecule has 0 radical (unpaired) electrons. The lowest BCUT2D eigenvalue weighted by Gasteiger charge is -2.60. The highest BCUT2D eigenvalue weighted by molar-refractivity contribution is 5.91. The van der Waals surface area contributed by atoms with Crippen LogP contribution in [0.25, 0.3) is 0 Å². The smallest absolute Gasteiger partial charge is 0.224 e. The van der Waals surface area contributed by atoms with Crippen LogP contribution >= 0.6 is 0 Å². The second-order valence-electron chi connectivity index (χ2n) is 8.71. The molecule has 3 heteroatoms. The summed E-state index contributed by atoms with van der Waals surface area (Å²) in [6, 6.07) is 6.08. The molecule has 4 saturated carbocycles. The predicted molar refractivity (Wildman–Crippen MR) is 91.2 cm³/mol. The highest BCUT2D eigenvalue weighted by Gasteiger charge is 2.57. The Bertz CT molecular complexity index is 637. The van der Waals surface area contributed by atoms with E-state index in [2.05, 4.69) is 25.2 Å². The molecule has 2 atom stereocenters. The molecular formula is C20H27NO2. The minimum Gasteiger partial charge on any atom is -0.390 e. The molecule has 4 aliphatic carbocycles. The van der Waals surface area contributed by atoms with Gasteiger partial charge in [-0.2, -0.15) is 0 Å². The van der Waals surface area contributed by atoms with E-state index in [4.69, 9.17) is 0 Å². The fraction of sp³-hybridized carbons (Fsp3) is 0.650. The third-order valence-electron chi connectivity index (χ3n) is 6.48. The number of carbonyl (C=O) groups excluding carboxylic acids is 1. The van der Waals surface area contributed by atoms with Crippen LogP contribution in [0.4, 0.5) is 5.69 Å². The summed E-state index contributed by atoms with van der Waals surface area (Å²) in [5.41, 5.74) is 2.90. The number of rotatable bonds is 3. The quantitative estimate of drug-likeness (QED) is 0.887. The van der Waals surface area contributed by atoms with E-state index in [1.54, 1.807) is 0 Å². The molecule has 4 aliphatic rings. The van der Waals surface area contributed by atoms with Gasteiger partial charge in [0.25, 0.3) is 0 Å². The van der Waals surface area contributed by atoms with Gasteiger partial charge in [0.2, 0.25) is 5.91 Å². The van der Waals surface area contributed by atoms with Gasteiger partial charge in [-0.1, -0.05) is 6.07 Å². The van der Waals surface area contributed by atoms with E-state index >= 15 is 0 Å². The third-order valence-corrected chi connectivity index (χ3v) is 6.48. The number of anilines is 1. The maximum Gasteiger partial charge on any atom is 0.224 e. The van der Waals surface area contributed by atoms with Crippen molar-refractivity contribution in [3.63, 3.8) is 0 Å². The molecule has 3 nitrogen and oxygen atoms in total. The maximum atomic E-state index is 12.6. The molecule has 0 spiro atoms. The number of aliphatic hydroxyl groups is 1. The van der Waals surface area contributed by atoms with Crippen molar-refractivity contribution in [3.8, 4) is 0 Å². The van der Waals surface area contributed by atoms with Crippen molar-refractivity contribution in [1.29, 1.82) is 0 Å². The molecule has 1 amide bonds. The van der Waals surface area contributed by atoms with Crippen LogP contribution in [-0.2, 0) is 4.79 Å². The van der Waals surface area contributed by atoms with Gasteiger partial charge in [-0.05, 0) is 92.9 Å². The van der Waals surface area contributed by atoms with Gasteiger partial charge >= 0.3 is 0 Å². The molecule has 2 N–H and O–H groups in total. The number of benzene rings is 1. The number of amides is 1. The Hall–Kier alpha value is -1.35. The number of hydrogen-bond donors (Lipinski definition) is 2. The zero-order valence-corrected chi connectivity index (χ0v) is 14.2. The number of nitrogens with one attached hydrogen (secondary N) is 1. The SMILES string of the molecule is Cc1ccc(NC(=O)CC23CC4CC(CC(O)(C4)C2)C3)cc1C. The van der Waals surface area contributed by atoms with Crippen LogP contribution in [0.15, 0.2) is 18.2 Å². The largest absolute Gasteiger partial charge is 0.390 e. The fourth-order valence-electron chi connectivity index (χ4n) is 5.97. The van der Waals surface area contributed by atoms with Gasteiger partial charge in [-0.15, -0.1) is 0 Å². The van der Waals surface area contributed by atoms with Gasteiger partial charge in [0.05, 0.1) is 5.60 Å². The van der Waals surface area contributed by atoms with E-state index in [9.17, 15) is 9.90 Å². The molecule has 4 bridgehead atoms. The molecule has 1 aromatic carbocycles. The lowest BCUT2D eigenvalue weighted by Crippen LogP contribution is -2.56. The summed E-state index contributed by atoms with van der Waals surface area (Å²) in [6.45, 7) is 4.15. The lowest BCUT2D eigenvalue weighted by atomic mass is 9.47. The number of carbonyl (C=O) groups is 1. The number of hydrogen-bond acceptors (Lipinski definition) is 2. The van der Waals surface area contributed by atoms with Crippen molar-refractivity contribution in [1.82, 2.24) is 0 Å². The number of aryl methyl sites for hydroxylation is 2. The van der Waals surface area contributed by atoms with Crippen molar-refractivity contribution >= 4 is 11.6 Å². The zero-order chi connectivity index (χ0) is 16.2. The van der Waals surface area contributed by atoms with Gasteiger partial charge in [0, 0.05) is 12.1 Å². The van der Waals surface area contributed by atoms with E-state index in [-0.39, 0.29) is 11.3 Å². The average Bonchev–Trinajstić information content (AvgIpc) is 2.39. The summed E-state index contributed by atoms with van der Waals surface area (Å²) in [5.74, 6) is 1.38. The first kappa shape index (κ1) is 15.2. The normalized spacial score (nSPS) is 37.9. The molecule has 0 saturated heterocycles. The Labute approximate surface area is 138 Å². The van der Waals surface area contributed by atoms with E-state index < -0.39 is 5.60 Å². The molecule has 4 fully saturated rings. The fourth-order valence-corrected chi connectivity index (χ4v) is 5.97. The Balaban J connectivity index is 1.47. The Morgan fingerprint density at radius 1 is 1.17 bits per heavy atom. The van der Waals surface area contributed by atoms with Crippen LogP contribution in [-0.4, -0.2) is 16.6 Å². The Kier molecular flexibility index (Phi) is 3.35. The topological polar surface area (TPSA) is 49.3 Å². The van der Waals surface area contributed by atoms with Crippen LogP contribution in [0, 0.1) is 31.1 Å².